The monoisotopic (exact) mass is 269 g/mol. The van der Waals surface area contributed by atoms with Crippen molar-refractivity contribution in [2.24, 2.45) is 0 Å². The SMILES string of the molecule is CSCCCNC(=O)C(S)Cc1ccccc1. The van der Waals surface area contributed by atoms with Gasteiger partial charge in [-0.2, -0.15) is 24.4 Å². The van der Waals surface area contributed by atoms with Gasteiger partial charge in [0.1, 0.15) is 0 Å². The Morgan fingerprint density at radius 2 is 2.12 bits per heavy atom. The van der Waals surface area contributed by atoms with Crippen molar-refractivity contribution < 1.29 is 4.79 Å². The normalized spacial score (nSPS) is 12.1. The lowest BCUT2D eigenvalue weighted by molar-refractivity contribution is -0.120. The molecule has 4 heteroatoms. The van der Waals surface area contributed by atoms with Crippen LogP contribution in [0.15, 0.2) is 30.3 Å². The number of thiol groups is 1. The summed E-state index contributed by atoms with van der Waals surface area (Å²) in [6.07, 6.45) is 3.76. The van der Waals surface area contributed by atoms with Crippen molar-refractivity contribution in [3.05, 3.63) is 35.9 Å². The summed E-state index contributed by atoms with van der Waals surface area (Å²) in [6.45, 7) is 0.742. The van der Waals surface area contributed by atoms with E-state index in [1.54, 1.807) is 11.8 Å². The lowest BCUT2D eigenvalue weighted by Gasteiger charge is -2.11. The Kier molecular flexibility index (Phi) is 7.21. The Balaban J connectivity index is 2.27. The van der Waals surface area contributed by atoms with Crippen LogP contribution in [0.3, 0.4) is 0 Å². The van der Waals surface area contributed by atoms with E-state index < -0.39 is 0 Å². The van der Waals surface area contributed by atoms with Crippen molar-refractivity contribution in [1.29, 1.82) is 0 Å². The molecule has 0 saturated carbocycles. The summed E-state index contributed by atoms with van der Waals surface area (Å²) >= 11 is 6.14. The number of hydrogen-bond donors (Lipinski definition) is 2. The van der Waals surface area contributed by atoms with Crippen LogP contribution in [0.25, 0.3) is 0 Å². The van der Waals surface area contributed by atoms with Crippen molar-refractivity contribution in [2.75, 3.05) is 18.6 Å². The third-order valence-electron chi connectivity index (χ3n) is 2.40. The molecule has 0 heterocycles. The van der Waals surface area contributed by atoms with Crippen LogP contribution < -0.4 is 5.32 Å². The Morgan fingerprint density at radius 3 is 2.76 bits per heavy atom. The van der Waals surface area contributed by atoms with E-state index in [1.807, 2.05) is 30.3 Å². The van der Waals surface area contributed by atoms with Crippen LogP contribution in [0.2, 0.25) is 0 Å². The third-order valence-corrected chi connectivity index (χ3v) is 3.51. The molecule has 1 rings (SSSR count). The minimum atomic E-state index is -0.258. The molecule has 0 aliphatic rings. The number of hydrogen-bond acceptors (Lipinski definition) is 3. The van der Waals surface area contributed by atoms with Gasteiger partial charge in [-0.05, 0) is 30.4 Å². The Labute approximate surface area is 113 Å². The summed E-state index contributed by atoms with van der Waals surface area (Å²) in [5, 5.41) is 2.65. The van der Waals surface area contributed by atoms with Gasteiger partial charge in [-0.15, -0.1) is 0 Å². The maximum Gasteiger partial charge on any atom is 0.233 e. The molecule has 0 spiro atoms. The first-order valence-corrected chi connectivity index (χ1v) is 7.63. The highest BCUT2D eigenvalue weighted by Crippen LogP contribution is 2.07. The number of carbonyl (C=O) groups is 1. The van der Waals surface area contributed by atoms with Gasteiger partial charge in [0.25, 0.3) is 0 Å². The summed E-state index contributed by atoms with van der Waals surface area (Å²) in [6, 6.07) is 9.96. The zero-order chi connectivity index (χ0) is 12.5. The number of benzene rings is 1. The van der Waals surface area contributed by atoms with Crippen LogP contribution in [-0.2, 0) is 11.2 Å². The molecule has 0 bridgehead atoms. The number of rotatable bonds is 7. The highest BCUT2D eigenvalue weighted by molar-refractivity contribution is 7.98. The van der Waals surface area contributed by atoms with Crippen molar-refractivity contribution in [3.63, 3.8) is 0 Å². The molecular weight excluding hydrogens is 250 g/mol. The van der Waals surface area contributed by atoms with Crippen LogP contribution in [0.5, 0.6) is 0 Å². The lowest BCUT2D eigenvalue weighted by atomic mass is 10.1. The van der Waals surface area contributed by atoms with Crippen LogP contribution >= 0.6 is 24.4 Å². The largest absolute Gasteiger partial charge is 0.355 e. The van der Waals surface area contributed by atoms with E-state index in [9.17, 15) is 4.79 Å². The standard InChI is InChI=1S/C13H19NOS2/c1-17-9-5-8-14-13(15)12(16)10-11-6-3-2-4-7-11/h2-4,6-7,12,16H,5,8-10H2,1H3,(H,14,15). The maximum atomic E-state index is 11.7. The maximum absolute atomic E-state index is 11.7. The minimum Gasteiger partial charge on any atom is -0.355 e. The summed E-state index contributed by atoms with van der Waals surface area (Å²) < 4.78 is 0. The fourth-order valence-corrected chi connectivity index (χ4v) is 2.21. The van der Waals surface area contributed by atoms with Gasteiger partial charge < -0.3 is 5.32 Å². The fourth-order valence-electron chi connectivity index (χ4n) is 1.48. The van der Waals surface area contributed by atoms with Crippen molar-refractivity contribution >= 4 is 30.3 Å². The van der Waals surface area contributed by atoms with Crippen LogP contribution in [0.1, 0.15) is 12.0 Å². The van der Waals surface area contributed by atoms with Crippen LogP contribution in [0, 0.1) is 0 Å². The van der Waals surface area contributed by atoms with Crippen LogP contribution in [0.4, 0.5) is 0 Å². The molecule has 0 fully saturated rings. The first-order chi connectivity index (χ1) is 8.24. The molecule has 94 valence electrons. The second-order valence-electron chi connectivity index (χ2n) is 3.84. The molecule has 1 unspecified atom stereocenters. The molecule has 0 radical (unpaired) electrons. The second-order valence-corrected chi connectivity index (χ2v) is 5.45. The molecule has 0 aliphatic carbocycles. The molecule has 17 heavy (non-hydrogen) atoms. The lowest BCUT2D eigenvalue weighted by Crippen LogP contribution is -2.33. The molecule has 1 aromatic rings. The number of thioether (sulfide) groups is 1. The Morgan fingerprint density at radius 1 is 1.41 bits per heavy atom. The third kappa shape index (κ3) is 6.03. The summed E-state index contributed by atoms with van der Waals surface area (Å²) in [7, 11) is 0. The highest BCUT2D eigenvalue weighted by atomic mass is 32.2. The predicted molar refractivity (Wildman–Crippen MR) is 78.9 cm³/mol. The van der Waals surface area contributed by atoms with Gasteiger partial charge >= 0.3 is 0 Å². The molecule has 1 amide bonds. The molecule has 0 aromatic heterocycles. The topological polar surface area (TPSA) is 29.1 Å². The van der Waals surface area contributed by atoms with Gasteiger partial charge in [0.05, 0.1) is 5.25 Å². The molecule has 2 nitrogen and oxygen atoms in total. The zero-order valence-electron chi connectivity index (χ0n) is 10.1. The summed E-state index contributed by atoms with van der Waals surface area (Å²) in [4.78, 5) is 11.7. The average Bonchev–Trinajstić information content (AvgIpc) is 2.35. The van der Waals surface area contributed by atoms with Gasteiger partial charge in [-0.1, -0.05) is 30.3 Å². The van der Waals surface area contributed by atoms with Gasteiger partial charge in [0.2, 0.25) is 5.91 Å². The highest BCUT2D eigenvalue weighted by Gasteiger charge is 2.13. The predicted octanol–water partition coefficient (Wildman–Crippen LogP) is 2.40. The second kappa shape index (κ2) is 8.48. The summed E-state index contributed by atoms with van der Waals surface area (Å²) in [5.41, 5.74) is 1.15. The molecule has 0 aliphatic heterocycles. The van der Waals surface area contributed by atoms with Crippen molar-refractivity contribution in [3.8, 4) is 0 Å². The quantitative estimate of drug-likeness (QED) is 0.588. The number of nitrogens with one attached hydrogen (secondary N) is 1. The van der Waals surface area contributed by atoms with E-state index >= 15 is 0 Å². The fraction of sp³-hybridized carbons (Fsp3) is 0.462. The van der Waals surface area contributed by atoms with Gasteiger partial charge in [-0.3, -0.25) is 4.79 Å². The zero-order valence-corrected chi connectivity index (χ0v) is 11.8. The first kappa shape index (κ1) is 14.5. The molecule has 1 atom stereocenters. The van der Waals surface area contributed by atoms with Gasteiger partial charge in [0.15, 0.2) is 0 Å². The Bertz CT molecular complexity index is 329. The number of amides is 1. The molecular formula is C13H19NOS2. The smallest absolute Gasteiger partial charge is 0.233 e. The molecule has 1 aromatic carbocycles. The van der Waals surface area contributed by atoms with E-state index in [2.05, 4.69) is 24.2 Å². The first-order valence-electron chi connectivity index (χ1n) is 5.72. The van der Waals surface area contributed by atoms with E-state index in [0.717, 1.165) is 24.3 Å². The number of carbonyl (C=O) groups excluding carboxylic acids is 1. The van der Waals surface area contributed by atoms with Gasteiger partial charge in [0, 0.05) is 6.54 Å². The van der Waals surface area contributed by atoms with E-state index in [0.29, 0.717) is 6.42 Å². The molecule has 1 N–H and O–H groups in total. The van der Waals surface area contributed by atoms with Crippen molar-refractivity contribution in [1.82, 2.24) is 5.32 Å². The van der Waals surface area contributed by atoms with Gasteiger partial charge in [-0.25, -0.2) is 0 Å². The van der Waals surface area contributed by atoms with E-state index in [-0.39, 0.29) is 11.2 Å². The summed E-state index contributed by atoms with van der Waals surface area (Å²) in [5.74, 6) is 1.11. The Hall–Kier alpha value is -0.610. The molecule has 0 saturated heterocycles. The van der Waals surface area contributed by atoms with Crippen molar-refractivity contribution in [2.45, 2.75) is 18.1 Å². The minimum absolute atomic E-state index is 0.0262. The van der Waals surface area contributed by atoms with E-state index in [1.165, 1.54) is 0 Å². The van der Waals surface area contributed by atoms with Crippen LogP contribution in [-0.4, -0.2) is 29.7 Å². The van der Waals surface area contributed by atoms with E-state index in [4.69, 9.17) is 0 Å². The average molecular weight is 269 g/mol.